The number of hydroxylamine groups is 2. The average Bonchev–Trinajstić information content (AvgIpc) is 1.57. The highest BCUT2D eigenvalue weighted by Crippen LogP contribution is 2.49. The number of imide groups is 1. The second-order valence-electron chi connectivity index (χ2n) is 22.7. The SMILES string of the molecule is COc1cc2cc(c1Cl)N(C)C(=O)C[C@H](OC(=O)Nc1ccc(NC(=O)[C@H](CCCNC(N)=O)NC(=O)[C@@H](NC(=S)NCCOCCOCCC(=O)ON3C(=O)CCC3=O)C(C)C)cc1C(F)(F)F)[C@]1(C)O[C@H]1[C@H](C)[C@@H]1C[C@@](O)(NC(=O)O1)[C@H](OC)/C=C/C=C(\C)C2. The maximum absolute atomic E-state index is 15.1. The number of primary amides is 1. The van der Waals surface area contributed by atoms with Gasteiger partial charge in [0.25, 0.3) is 11.8 Å². The fraction of sp³-hybridized carbons (Fsp3) is 0.559. The number of methoxy groups -OCH3 is 2. The quantitative estimate of drug-likeness (QED) is 0.0295. The molecule has 0 unspecified atom stereocenters. The smallest absolute Gasteiger partial charge is 0.418 e. The summed E-state index contributed by atoms with van der Waals surface area (Å²) in [6.45, 7) is 8.70. The van der Waals surface area contributed by atoms with Gasteiger partial charge in [0.15, 0.2) is 10.8 Å². The first-order chi connectivity index (χ1) is 43.4. The third kappa shape index (κ3) is 20.1. The van der Waals surface area contributed by atoms with Crippen molar-refractivity contribution < 1.29 is 99.4 Å². The van der Waals surface area contributed by atoms with Crippen molar-refractivity contribution in [2.45, 2.75) is 140 Å². The summed E-state index contributed by atoms with van der Waals surface area (Å²) < 4.78 is 85.0. The lowest BCUT2D eigenvalue weighted by Crippen LogP contribution is -2.63. The van der Waals surface area contributed by atoms with Crippen LogP contribution in [0.25, 0.3) is 0 Å². The number of carbonyl (C=O) groups is 9. The number of hydrogen-bond acceptors (Lipinski definition) is 19. The molecule has 92 heavy (non-hydrogen) atoms. The number of thiocarbonyl (C=S) groups is 1. The van der Waals surface area contributed by atoms with Crippen LogP contribution in [-0.4, -0.2) is 178 Å². The zero-order chi connectivity index (χ0) is 67.8. The van der Waals surface area contributed by atoms with Crippen LogP contribution in [0.3, 0.4) is 0 Å². The average molecular weight is 1340 g/mol. The molecule has 4 aliphatic rings. The molecule has 28 nitrogen and oxygen atoms in total. The molecule has 4 heterocycles. The summed E-state index contributed by atoms with van der Waals surface area (Å²) in [7, 11) is 4.16. The number of halogens is 4. The molecule has 33 heteroatoms. The predicted octanol–water partition coefficient (Wildman–Crippen LogP) is 4.78. The van der Waals surface area contributed by atoms with Gasteiger partial charge in [0, 0.05) is 58.1 Å². The number of rotatable bonds is 24. The molecule has 9 amide bonds. The van der Waals surface area contributed by atoms with Gasteiger partial charge in [-0.3, -0.25) is 34.6 Å². The lowest BCUT2D eigenvalue weighted by molar-refractivity contribution is -0.198. The van der Waals surface area contributed by atoms with Crippen LogP contribution in [0, 0.1) is 11.8 Å². The van der Waals surface area contributed by atoms with Gasteiger partial charge in [-0.05, 0) is 87.1 Å². The van der Waals surface area contributed by atoms with Gasteiger partial charge in [0.2, 0.25) is 17.7 Å². The number of aliphatic hydroxyl groups is 1. The zero-order valence-corrected chi connectivity index (χ0v) is 53.5. The van der Waals surface area contributed by atoms with Crippen LogP contribution in [0.4, 0.5) is 44.6 Å². The monoisotopic (exact) mass is 1340 g/mol. The summed E-state index contributed by atoms with van der Waals surface area (Å²) in [5, 5.41) is 30.1. The van der Waals surface area contributed by atoms with Crippen molar-refractivity contribution in [2.24, 2.45) is 17.6 Å². The Morgan fingerprint density at radius 2 is 1.64 bits per heavy atom. The molecule has 6 rings (SSSR count). The number of benzene rings is 2. The Kier molecular flexibility index (Phi) is 25.9. The van der Waals surface area contributed by atoms with Crippen LogP contribution < -0.4 is 52.6 Å². The number of hydrogen-bond donors (Lipinski definition) is 9. The molecule has 506 valence electrons. The number of nitrogens with zero attached hydrogens (tertiary/aromatic N) is 2. The first-order valence-corrected chi connectivity index (χ1v) is 30.1. The van der Waals surface area contributed by atoms with Crippen LogP contribution >= 0.6 is 23.8 Å². The molecule has 4 bridgehead atoms. The maximum Gasteiger partial charge on any atom is 0.418 e. The van der Waals surface area contributed by atoms with Crippen molar-refractivity contribution in [3.8, 4) is 5.75 Å². The van der Waals surface area contributed by atoms with Crippen molar-refractivity contribution in [3.63, 3.8) is 0 Å². The summed E-state index contributed by atoms with van der Waals surface area (Å²) in [5.41, 5.74) is 0.607. The van der Waals surface area contributed by atoms with E-state index < -0.39 is 143 Å². The van der Waals surface area contributed by atoms with E-state index >= 15 is 13.2 Å². The van der Waals surface area contributed by atoms with Gasteiger partial charge in [-0.25, -0.2) is 19.2 Å². The molecule has 0 aromatic heterocycles. The van der Waals surface area contributed by atoms with Gasteiger partial charge >= 0.3 is 30.4 Å². The number of fused-ring (bicyclic) bond motifs is 5. The van der Waals surface area contributed by atoms with E-state index in [0.717, 1.165) is 17.7 Å². The number of nitrogens with one attached hydrogen (secondary N) is 7. The van der Waals surface area contributed by atoms with E-state index in [9.17, 15) is 48.3 Å². The van der Waals surface area contributed by atoms with Gasteiger partial charge in [0.05, 0.1) is 69.4 Å². The topological polar surface area (TPSA) is 368 Å². The van der Waals surface area contributed by atoms with Gasteiger partial charge in [-0.2, -0.15) is 13.2 Å². The Morgan fingerprint density at radius 3 is 2.29 bits per heavy atom. The molecule has 0 radical (unpaired) electrons. The van der Waals surface area contributed by atoms with E-state index in [1.807, 2.05) is 6.92 Å². The van der Waals surface area contributed by atoms with E-state index in [1.54, 1.807) is 51.1 Å². The summed E-state index contributed by atoms with van der Waals surface area (Å²) in [4.78, 5) is 122. The molecule has 0 aliphatic carbocycles. The number of epoxide rings is 1. The molecule has 0 saturated carbocycles. The van der Waals surface area contributed by atoms with E-state index in [1.165, 1.54) is 33.1 Å². The molecule has 3 fully saturated rings. The number of urea groups is 1. The standard InChI is InChI=1S/C59H78ClF3N10O18S/c1-31(2)49(70-54(92)66-20-22-87-24-23-86-21-18-47(77)91-73-44(74)16-17-45(73)75)52(79)68-38(12-10-19-65-53(64)80)51(78)67-35-14-15-37(36(28-35)59(61,62)63)69-55(81)89-43-29-46(76)72(6)39-26-34(27-40(84-7)48(39)60)25-32(3)11-9-13-42(85-8)58(83)30-41(88-56(82)71-58)33(4)50-57(43,5)90-50/h9,11,13-15,26-28,31,33,38,41-43,49-50,83H,10,12,16-25,29-30H2,1-8H3,(H,67,78)(H,68,79)(H,69,81)(H,71,82)(H3,64,65,80)(H2,66,70,92)/b13-9+,32-11+/t33-,38+,41+,42-,43+,49+,50+,57+,58+/m1/s1. The lowest BCUT2D eigenvalue weighted by Gasteiger charge is -2.42. The summed E-state index contributed by atoms with van der Waals surface area (Å²) in [5.74, 6) is -5.43. The predicted molar refractivity (Wildman–Crippen MR) is 327 cm³/mol. The number of alkyl carbamates (subject to hydrolysis) is 1. The van der Waals surface area contributed by atoms with E-state index in [-0.39, 0.29) is 99.6 Å². The lowest BCUT2D eigenvalue weighted by atomic mass is 9.83. The molecular formula is C59H78ClF3N10O18S. The number of carbonyl (C=O) groups excluding carboxylic acids is 9. The minimum atomic E-state index is -5.19. The molecular weight excluding hydrogens is 1260 g/mol. The second-order valence-corrected chi connectivity index (χ2v) is 23.5. The number of allylic oxidation sites excluding steroid dienone is 3. The van der Waals surface area contributed by atoms with Gasteiger partial charge in [-0.1, -0.05) is 56.2 Å². The zero-order valence-electron chi connectivity index (χ0n) is 51.9. The number of anilines is 3. The minimum Gasteiger partial charge on any atom is -0.495 e. The summed E-state index contributed by atoms with van der Waals surface area (Å²) in [6, 6.07) is 2.42. The number of ether oxygens (including phenoxy) is 7. The van der Waals surface area contributed by atoms with Crippen molar-refractivity contribution in [3.05, 3.63) is 70.3 Å². The first-order valence-electron chi connectivity index (χ1n) is 29.4. The number of amides is 9. The van der Waals surface area contributed by atoms with E-state index in [4.69, 9.17) is 67.5 Å². The second kappa shape index (κ2) is 32.6. The van der Waals surface area contributed by atoms with E-state index in [2.05, 4.69) is 37.2 Å². The van der Waals surface area contributed by atoms with Gasteiger partial charge in [0.1, 0.15) is 46.8 Å². The Morgan fingerprint density at radius 1 is 0.946 bits per heavy atom. The first kappa shape index (κ1) is 73.2. The summed E-state index contributed by atoms with van der Waals surface area (Å²) >= 11 is 12.2. The Labute approximate surface area is 538 Å². The Balaban J connectivity index is 1.14. The van der Waals surface area contributed by atoms with Crippen LogP contribution in [0.2, 0.25) is 5.02 Å². The Bertz CT molecular complexity index is 3130. The van der Waals surface area contributed by atoms with Crippen LogP contribution in [0.5, 0.6) is 5.75 Å². The third-order valence-corrected chi connectivity index (χ3v) is 16.1. The summed E-state index contributed by atoms with van der Waals surface area (Å²) in [6.07, 6.45) is -8.26. The molecule has 4 aliphatic heterocycles. The Hall–Kier alpha value is -7.88. The maximum atomic E-state index is 15.1. The van der Waals surface area contributed by atoms with Crippen molar-refractivity contribution in [2.75, 3.05) is 76.3 Å². The van der Waals surface area contributed by atoms with Crippen LogP contribution in [0.15, 0.2) is 54.1 Å². The highest BCUT2D eigenvalue weighted by atomic mass is 35.5. The van der Waals surface area contributed by atoms with Gasteiger partial charge in [-0.15, -0.1) is 5.06 Å². The van der Waals surface area contributed by atoms with Crippen LogP contribution in [0.1, 0.15) is 90.7 Å². The third-order valence-electron chi connectivity index (χ3n) is 15.4. The highest BCUT2D eigenvalue weighted by molar-refractivity contribution is 7.80. The fourth-order valence-corrected chi connectivity index (χ4v) is 10.9. The number of alkyl halides is 3. The van der Waals surface area contributed by atoms with Gasteiger partial charge < -0.3 is 80.3 Å². The molecule has 2 aromatic carbocycles. The largest absolute Gasteiger partial charge is 0.495 e. The van der Waals surface area contributed by atoms with E-state index in [0.29, 0.717) is 23.1 Å². The van der Waals surface area contributed by atoms with Crippen LogP contribution in [-0.2, 0) is 74.6 Å². The molecule has 0 spiro atoms. The molecule has 9 atom stereocenters. The van der Waals surface area contributed by atoms with Crippen molar-refractivity contribution in [1.29, 1.82) is 0 Å². The normalized spacial score (nSPS) is 24.1. The minimum absolute atomic E-state index is 0.0231. The molecule has 10 N–H and O–H groups in total. The fourth-order valence-electron chi connectivity index (χ4n) is 10.4. The van der Waals surface area contributed by atoms with Crippen molar-refractivity contribution in [1.82, 2.24) is 31.6 Å². The number of nitrogens with two attached hydrogens (primary N) is 1. The molecule has 3 saturated heterocycles. The highest BCUT2D eigenvalue weighted by Gasteiger charge is 2.64. The molecule has 2 aromatic rings. The van der Waals surface area contributed by atoms with Crippen molar-refractivity contribution >= 4 is 99.7 Å².